The van der Waals surface area contributed by atoms with Crippen LogP contribution in [0.1, 0.15) is 46.5 Å². The summed E-state index contributed by atoms with van der Waals surface area (Å²) < 4.78 is 0. The Bertz CT molecular complexity index is 303. The van der Waals surface area contributed by atoms with Crippen LogP contribution in [-0.2, 0) is 4.79 Å². The summed E-state index contributed by atoms with van der Waals surface area (Å²) in [4.78, 5) is 14.4. The van der Waals surface area contributed by atoms with Crippen molar-refractivity contribution in [3.8, 4) is 0 Å². The van der Waals surface area contributed by atoms with E-state index in [0.29, 0.717) is 0 Å². The molecule has 4 nitrogen and oxygen atoms in total. The number of fused-ring (bicyclic) bond motifs is 2. The van der Waals surface area contributed by atoms with Crippen molar-refractivity contribution in [2.75, 3.05) is 0 Å². The van der Waals surface area contributed by atoms with Crippen LogP contribution >= 0.6 is 12.4 Å². The Morgan fingerprint density at radius 1 is 1.28 bits per heavy atom. The zero-order valence-corrected chi connectivity index (χ0v) is 12.2. The van der Waals surface area contributed by atoms with Gasteiger partial charge in [0, 0.05) is 12.1 Å². The molecule has 0 aromatic heterocycles. The molecule has 18 heavy (non-hydrogen) atoms. The van der Waals surface area contributed by atoms with E-state index in [9.17, 15) is 9.90 Å². The summed E-state index contributed by atoms with van der Waals surface area (Å²) in [5.74, 6) is 0.0666. The Kier molecular flexibility index (Phi) is 4.68. The summed E-state index contributed by atoms with van der Waals surface area (Å²) in [6, 6.07) is -0.0184. The van der Waals surface area contributed by atoms with Gasteiger partial charge in [-0.1, -0.05) is 20.8 Å². The zero-order chi connectivity index (χ0) is 12.8. The minimum Gasteiger partial charge on any atom is -0.393 e. The second kappa shape index (κ2) is 5.35. The largest absolute Gasteiger partial charge is 0.393 e. The molecule has 106 valence electrons. The van der Waals surface area contributed by atoms with E-state index in [4.69, 9.17) is 5.73 Å². The van der Waals surface area contributed by atoms with E-state index in [1.165, 1.54) is 0 Å². The van der Waals surface area contributed by atoms with Crippen LogP contribution in [0.15, 0.2) is 0 Å². The van der Waals surface area contributed by atoms with Crippen LogP contribution in [-0.4, -0.2) is 40.1 Å². The fourth-order valence-electron chi connectivity index (χ4n) is 3.04. The topological polar surface area (TPSA) is 66.6 Å². The number of amides is 1. The molecule has 0 saturated carbocycles. The number of aliphatic hydroxyl groups is 1. The van der Waals surface area contributed by atoms with Gasteiger partial charge in [0.25, 0.3) is 0 Å². The lowest BCUT2D eigenvalue weighted by molar-refractivity contribution is -0.141. The van der Waals surface area contributed by atoms with Crippen LogP contribution in [0.3, 0.4) is 0 Å². The van der Waals surface area contributed by atoms with Crippen LogP contribution in [0.2, 0.25) is 0 Å². The molecule has 0 spiro atoms. The monoisotopic (exact) mass is 276 g/mol. The summed E-state index contributed by atoms with van der Waals surface area (Å²) in [5.41, 5.74) is 5.86. The van der Waals surface area contributed by atoms with E-state index in [2.05, 4.69) is 0 Å². The van der Waals surface area contributed by atoms with Gasteiger partial charge in [0.05, 0.1) is 12.1 Å². The minimum atomic E-state index is -0.444. The number of nitrogens with zero attached hydrogens (tertiary/aromatic N) is 1. The quantitative estimate of drug-likeness (QED) is 0.759. The highest BCUT2D eigenvalue weighted by molar-refractivity contribution is 5.85. The maximum Gasteiger partial charge on any atom is 0.240 e. The highest BCUT2D eigenvalue weighted by Crippen LogP contribution is 2.37. The molecular formula is C13H25ClN2O2. The lowest BCUT2D eigenvalue weighted by Crippen LogP contribution is -2.56. The summed E-state index contributed by atoms with van der Waals surface area (Å²) in [6.45, 7) is 5.99. The summed E-state index contributed by atoms with van der Waals surface area (Å²) in [6.07, 6.45) is 3.25. The van der Waals surface area contributed by atoms with E-state index >= 15 is 0 Å². The van der Waals surface area contributed by atoms with Crippen LogP contribution in [0.25, 0.3) is 0 Å². The van der Waals surface area contributed by atoms with Crippen molar-refractivity contribution in [2.24, 2.45) is 11.1 Å². The maximum absolute atomic E-state index is 12.4. The number of piperidine rings is 1. The number of aliphatic hydroxyl groups excluding tert-OH is 1. The summed E-state index contributed by atoms with van der Waals surface area (Å²) in [7, 11) is 0. The molecule has 0 aromatic carbocycles. The van der Waals surface area contributed by atoms with Gasteiger partial charge < -0.3 is 15.7 Å². The van der Waals surface area contributed by atoms with E-state index < -0.39 is 6.04 Å². The van der Waals surface area contributed by atoms with Crippen LogP contribution in [0.4, 0.5) is 0 Å². The van der Waals surface area contributed by atoms with Crippen molar-refractivity contribution in [3.05, 3.63) is 0 Å². The molecule has 2 aliphatic heterocycles. The molecule has 2 aliphatic rings. The molecule has 2 rings (SSSR count). The highest BCUT2D eigenvalue weighted by atomic mass is 35.5. The van der Waals surface area contributed by atoms with Crippen molar-refractivity contribution in [3.63, 3.8) is 0 Å². The van der Waals surface area contributed by atoms with Gasteiger partial charge in [-0.3, -0.25) is 4.79 Å². The lowest BCUT2D eigenvalue weighted by Gasteiger charge is -2.40. The third-order valence-corrected chi connectivity index (χ3v) is 4.16. The smallest absolute Gasteiger partial charge is 0.240 e. The van der Waals surface area contributed by atoms with Gasteiger partial charge in [-0.25, -0.2) is 0 Å². The second-order valence-corrected chi connectivity index (χ2v) is 6.60. The van der Waals surface area contributed by atoms with E-state index in [1.807, 2.05) is 25.7 Å². The first-order valence-corrected chi connectivity index (χ1v) is 6.56. The molecule has 2 fully saturated rings. The molecule has 0 aromatic rings. The highest BCUT2D eigenvalue weighted by Gasteiger charge is 2.45. The summed E-state index contributed by atoms with van der Waals surface area (Å²) >= 11 is 0. The van der Waals surface area contributed by atoms with Gasteiger partial charge in [-0.15, -0.1) is 12.4 Å². The lowest BCUT2D eigenvalue weighted by atomic mass is 9.85. The molecule has 2 saturated heterocycles. The standard InChI is InChI=1S/C13H24N2O2.ClH/c1-13(2,3)11(14)12(17)15-8-4-5-9(15)7-10(16)6-8;/h8-11,16H,4-7,14H2,1-3H3;1H/t8?,9?,10?,11-;/m1./s1. The van der Waals surface area contributed by atoms with Crippen LogP contribution < -0.4 is 5.73 Å². The molecule has 2 unspecified atom stereocenters. The predicted molar refractivity (Wildman–Crippen MR) is 73.6 cm³/mol. The number of rotatable bonds is 1. The minimum absolute atomic E-state index is 0. The number of carbonyl (C=O) groups is 1. The second-order valence-electron chi connectivity index (χ2n) is 6.60. The SMILES string of the molecule is CC(C)(C)[C@H](N)C(=O)N1C2CCC1CC(O)C2.Cl. The maximum atomic E-state index is 12.4. The zero-order valence-electron chi connectivity index (χ0n) is 11.4. The van der Waals surface area contributed by atoms with Crippen molar-refractivity contribution in [1.29, 1.82) is 0 Å². The average Bonchev–Trinajstić information content (AvgIpc) is 2.47. The molecule has 1 amide bonds. The van der Waals surface area contributed by atoms with E-state index in [0.717, 1.165) is 25.7 Å². The number of halogens is 1. The Morgan fingerprint density at radius 2 is 1.72 bits per heavy atom. The van der Waals surface area contributed by atoms with Gasteiger partial charge in [0.2, 0.25) is 5.91 Å². The number of nitrogens with two attached hydrogens (primary N) is 1. The van der Waals surface area contributed by atoms with Crippen molar-refractivity contribution in [1.82, 2.24) is 4.90 Å². The Labute approximate surface area is 115 Å². The average molecular weight is 277 g/mol. The van der Waals surface area contributed by atoms with E-state index in [-0.39, 0.29) is 41.9 Å². The van der Waals surface area contributed by atoms with Crippen LogP contribution in [0.5, 0.6) is 0 Å². The molecule has 0 aliphatic carbocycles. The molecule has 2 bridgehead atoms. The first-order valence-electron chi connectivity index (χ1n) is 6.56. The molecule has 5 heteroatoms. The first kappa shape index (κ1) is 15.7. The number of carbonyl (C=O) groups excluding carboxylic acids is 1. The third kappa shape index (κ3) is 2.81. The molecule has 0 radical (unpaired) electrons. The Balaban J connectivity index is 0.00000162. The predicted octanol–water partition coefficient (Wildman–Crippen LogP) is 1.30. The molecule has 3 N–H and O–H groups in total. The number of hydrogen-bond acceptors (Lipinski definition) is 3. The van der Waals surface area contributed by atoms with Gasteiger partial charge in [-0.2, -0.15) is 0 Å². The van der Waals surface area contributed by atoms with Gasteiger partial charge in [0.1, 0.15) is 0 Å². The molecular weight excluding hydrogens is 252 g/mol. The van der Waals surface area contributed by atoms with Gasteiger partial charge >= 0.3 is 0 Å². The van der Waals surface area contributed by atoms with Gasteiger partial charge in [-0.05, 0) is 31.1 Å². The normalized spacial score (nSPS) is 32.9. The molecule has 2 heterocycles. The Hall–Kier alpha value is -0.320. The van der Waals surface area contributed by atoms with Crippen molar-refractivity contribution < 1.29 is 9.90 Å². The Morgan fingerprint density at radius 3 is 2.11 bits per heavy atom. The third-order valence-electron chi connectivity index (χ3n) is 4.16. The fraction of sp³-hybridized carbons (Fsp3) is 0.923. The molecule has 3 atom stereocenters. The van der Waals surface area contributed by atoms with Gasteiger partial charge in [0.15, 0.2) is 0 Å². The van der Waals surface area contributed by atoms with Crippen molar-refractivity contribution >= 4 is 18.3 Å². The number of hydrogen-bond donors (Lipinski definition) is 2. The van der Waals surface area contributed by atoms with E-state index in [1.54, 1.807) is 0 Å². The van der Waals surface area contributed by atoms with Crippen molar-refractivity contribution in [2.45, 2.75) is 70.7 Å². The fourth-order valence-corrected chi connectivity index (χ4v) is 3.04. The van der Waals surface area contributed by atoms with Crippen LogP contribution in [0, 0.1) is 5.41 Å². The summed E-state index contributed by atoms with van der Waals surface area (Å²) in [5, 5.41) is 9.72. The first-order chi connectivity index (χ1) is 7.80.